The Labute approximate surface area is 118 Å². The van der Waals surface area contributed by atoms with Gasteiger partial charge in [-0.25, -0.2) is 4.79 Å². The predicted octanol–water partition coefficient (Wildman–Crippen LogP) is 3.98. The number of rotatable bonds is 3. The Bertz CT molecular complexity index is 334. The van der Waals surface area contributed by atoms with Gasteiger partial charge in [0.15, 0.2) is 15.1 Å². The molecule has 1 rings (SSSR count). The molecule has 0 saturated carbocycles. The number of carbonyl (C=O) groups is 1. The van der Waals surface area contributed by atoms with Crippen molar-refractivity contribution < 1.29 is 14.0 Å². The van der Waals surface area contributed by atoms with Gasteiger partial charge in [0.2, 0.25) is 0 Å². The van der Waals surface area contributed by atoms with Gasteiger partial charge in [-0.05, 0) is 44.8 Å². The summed E-state index contributed by atoms with van der Waals surface area (Å²) < 4.78 is 11.2. The number of amides is 1. The van der Waals surface area contributed by atoms with Crippen LogP contribution in [0.1, 0.15) is 47.5 Å². The summed E-state index contributed by atoms with van der Waals surface area (Å²) in [6.07, 6.45) is 1.83. The quantitative estimate of drug-likeness (QED) is 0.582. The highest BCUT2D eigenvalue weighted by Crippen LogP contribution is 2.36. The van der Waals surface area contributed by atoms with E-state index in [1.807, 2.05) is 4.90 Å². The highest BCUT2D eigenvalue weighted by Gasteiger charge is 2.39. The molecular formula is C14H29NO3Si. The maximum atomic E-state index is 12.0. The summed E-state index contributed by atoms with van der Waals surface area (Å²) in [5.41, 5.74) is -0.0892. The summed E-state index contributed by atoms with van der Waals surface area (Å²) in [4.78, 5) is 13.8. The van der Waals surface area contributed by atoms with Gasteiger partial charge in [0, 0.05) is 12.1 Å². The van der Waals surface area contributed by atoms with Crippen LogP contribution < -0.4 is 0 Å². The normalized spacial score (nSPS) is 19.6. The van der Waals surface area contributed by atoms with Crippen LogP contribution in [0.4, 0.5) is 4.79 Å². The molecule has 0 spiro atoms. The summed E-state index contributed by atoms with van der Waals surface area (Å²) in [5, 5.41) is 0.131. The standard InChI is InChI=1S/C14H29NO3Si/c1-13(2,3)19(6,7)18-11-17-12(16)15-10-8-9-14(15,4)5/h8-11H2,1-7H3. The van der Waals surface area contributed by atoms with Gasteiger partial charge >= 0.3 is 6.09 Å². The molecule has 4 nitrogen and oxygen atoms in total. The topological polar surface area (TPSA) is 38.8 Å². The van der Waals surface area contributed by atoms with Gasteiger partial charge in [-0.3, -0.25) is 0 Å². The van der Waals surface area contributed by atoms with Crippen LogP contribution >= 0.6 is 0 Å². The van der Waals surface area contributed by atoms with Crippen molar-refractivity contribution in [2.75, 3.05) is 13.3 Å². The van der Waals surface area contributed by atoms with Crippen molar-refractivity contribution in [1.82, 2.24) is 4.90 Å². The SMILES string of the molecule is CC1(C)CCCN1C(=O)OCO[Si](C)(C)C(C)(C)C. The van der Waals surface area contributed by atoms with E-state index in [1.165, 1.54) is 0 Å². The van der Waals surface area contributed by atoms with E-state index >= 15 is 0 Å². The zero-order valence-corrected chi connectivity index (χ0v) is 14.5. The molecule has 1 saturated heterocycles. The first kappa shape index (κ1) is 16.5. The summed E-state index contributed by atoms with van der Waals surface area (Å²) in [5.74, 6) is 0. The van der Waals surface area contributed by atoms with Gasteiger partial charge in [0.1, 0.15) is 0 Å². The molecule has 5 heteroatoms. The van der Waals surface area contributed by atoms with Crippen LogP contribution in [0.25, 0.3) is 0 Å². The van der Waals surface area contributed by atoms with E-state index in [-0.39, 0.29) is 23.5 Å². The van der Waals surface area contributed by atoms with Crippen LogP contribution in [0.5, 0.6) is 0 Å². The van der Waals surface area contributed by atoms with Crippen LogP contribution in [0.2, 0.25) is 18.1 Å². The number of nitrogens with zero attached hydrogens (tertiary/aromatic N) is 1. The average Bonchev–Trinajstić information content (AvgIpc) is 2.55. The fraction of sp³-hybridized carbons (Fsp3) is 0.929. The van der Waals surface area contributed by atoms with Crippen molar-refractivity contribution >= 4 is 14.4 Å². The lowest BCUT2D eigenvalue weighted by Crippen LogP contribution is -2.45. The number of ether oxygens (including phenoxy) is 1. The zero-order valence-electron chi connectivity index (χ0n) is 13.5. The molecule has 19 heavy (non-hydrogen) atoms. The molecule has 1 aliphatic heterocycles. The van der Waals surface area contributed by atoms with Crippen LogP contribution in [0.15, 0.2) is 0 Å². The molecule has 0 radical (unpaired) electrons. The molecule has 1 aliphatic rings. The Hall–Kier alpha value is -0.553. The van der Waals surface area contributed by atoms with E-state index in [2.05, 4.69) is 47.7 Å². The first-order valence-electron chi connectivity index (χ1n) is 7.06. The van der Waals surface area contributed by atoms with E-state index in [9.17, 15) is 4.79 Å². The maximum Gasteiger partial charge on any atom is 0.412 e. The first-order chi connectivity index (χ1) is 8.47. The Morgan fingerprint density at radius 3 is 2.32 bits per heavy atom. The fourth-order valence-corrected chi connectivity index (χ4v) is 2.75. The van der Waals surface area contributed by atoms with Crippen molar-refractivity contribution in [1.29, 1.82) is 0 Å². The lowest BCUT2D eigenvalue weighted by molar-refractivity contribution is 0.0179. The van der Waals surface area contributed by atoms with Gasteiger partial charge in [0.05, 0.1) is 0 Å². The molecule has 0 unspecified atom stereocenters. The van der Waals surface area contributed by atoms with Crippen LogP contribution in [0.3, 0.4) is 0 Å². The maximum absolute atomic E-state index is 12.0. The molecule has 0 aromatic rings. The Morgan fingerprint density at radius 1 is 1.32 bits per heavy atom. The summed E-state index contributed by atoms with van der Waals surface area (Å²) >= 11 is 0. The molecule has 112 valence electrons. The third-order valence-corrected chi connectivity index (χ3v) is 8.98. The molecule has 0 aromatic heterocycles. The Balaban J connectivity index is 2.44. The van der Waals surface area contributed by atoms with Crippen molar-refractivity contribution in [2.45, 2.75) is 71.1 Å². The summed E-state index contributed by atoms with van der Waals surface area (Å²) in [7, 11) is -1.84. The predicted molar refractivity (Wildman–Crippen MR) is 79.6 cm³/mol. The second kappa shape index (κ2) is 5.44. The lowest BCUT2D eigenvalue weighted by atomic mass is 10.0. The van der Waals surface area contributed by atoms with Crippen molar-refractivity contribution in [3.8, 4) is 0 Å². The second-order valence-electron chi connectivity index (χ2n) is 7.50. The van der Waals surface area contributed by atoms with Crippen LogP contribution in [0, 0.1) is 0 Å². The molecule has 0 aromatic carbocycles. The third kappa shape index (κ3) is 3.95. The number of hydrogen-bond donors (Lipinski definition) is 0. The third-order valence-electron chi connectivity index (χ3n) is 4.53. The summed E-state index contributed by atoms with van der Waals surface area (Å²) in [6.45, 7) is 15.8. The van der Waals surface area contributed by atoms with Gasteiger partial charge in [-0.1, -0.05) is 20.8 Å². The molecule has 0 aliphatic carbocycles. The van der Waals surface area contributed by atoms with Gasteiger partial charge < -0.3 is 14.1 Å². The van der Waals surface area contributed by atoms with Crippen molar-refractivity contribution in [3.05, 3.63) is 0 Å². The van der Waals surface area contributed by atoms with Crippen LogP contribution in [-0.4, -0.2) is 38.2 Å². The Kier molecular flexibility index (Phi) is 4.73. The monoisotopic (exact) mass is 287 g/mol. The highest BCUT2D eigenvalue weighted by atomic mass is 28.4. The number of likely N-dealkylation sites (tertiary alicyclic amines) is 1. The average molecular weight is 287 g/mol. The van der Waals surface area contributed by atoms with E-state index in [1.54, 1.807) is 0 Å². The van der Waals surface area contributed by atoms with Gasteiger partial charge in [-0.15, -0.1) is 0 Å². The summed E-state index contributed by atoms with van der Waals surface area (Å²) in [6, 6.07) is 0. The number of hydrogen-bond acceptors (Lipinski definition) is 3. The van der Waals surface area contributed by atoms with Gasteiger partial charge in [-0.2, -0.15) is 0 Å². The van der Waals surface area contributed by atoms with Crippen molar-refractivity contribution in [2.24, 2.45) is 0 Å². The van der Waals surface area contributed by atoms with Gasteiger partial charge in [0.25, 0.3) is 0 Å². The molecule has 1 heterocycles. The number of carbonyl (C=O) groups excluding carboxylic acids is 1. The fourth-order valence-electron chi connectivity index (χ4n) is 1.97. The minimum Gasteiger partial charge on any atom is -0.423 e. The Morgan fingerprint density at radius 2 is 1.89 bits per heavy atom. The zero-order chi connectivity index (χ0) is 14.9. The van der Waals surface area contributed by atoms with E-state index in [0.29, 0.717) is 0 Å². The first-order valence-corrected chi connectivity index (χ1v) is 9.96. The van der Waals surface area contributed by atoms with E-state index < -0.39 is 8.32 Å². The minimum absolute atomic E-state index is 0.0713. The highest BCUT2D eigenvalue weighted by molar-refractivity contribution is 6.74. The second-order valence-corrected chi connectivity index (χ2v) is 12.3. The largest absolute Gasteiger partial charge is 0.423 e. The lowest BCUT2D eigenvalue weighted by Gasteiger charge is -2.36. The van der Waals surface area contributed by atoms with E-state index in [0.717, 1.165) is 19.4 Å². The molecule has 1 amide bonds. The molecule has 1 fully saturated rings. The molecule has 0 N–H and O–H groups in total. The molecule has 0 bridgehead atoms. The van der Waals surface area contributed by atoms with Crippen molar-refractivity contribution in [3.63, 3.8) is 0 Å². The minimum atomic E-state index is -1.84. The van der Waals surface area contributed by atoms with E-state index in [4.69, 9.17) is 9.16 Å². The van der Waals surface area contributed by atoms with Crippen LogP contribution in [-0.2, 0) is 9.16 Å². The smallest absolute Gasteiger partial charge is 0.412 e. The molecular weight excluding hydrogens is 258 g/mol. The molecule has 0 atom stereocenters.